The lowest BCUT2D eigenvalue weighted by Gasteiger charge is -2.24. The summed E-state index contributed by atoms with van der Waals surface area (Å²) in [6.07, 6.45) is 0. The molecule has 0 saturated heterocycles. The van der Waals surface area contributed by atoms with E-state index in [2.05, 4.69) is 26.1 Å². The van der Waals surface area contributed by atoms with Gasteiger partial charge in [0.25, 0.3) is 0 Å². The maximum atomic E-state index is 13.8. The molecule has 1 atom stereocenters. The van der Waals surface area contributed by atoms with E-state index in [-0.39, 0.29) is 40.6 Å². The Kier molecular flexibility index (Phi) is 8.04. The van der Waals surface area contributed by atoms with Crippen LogP contribution >= 0.6 is 11.8 Å². The van der Waals surface area contributed by atoms with Gasteiger partial charge in [-0.1, -0.05) is 45.0 Å². The number of methoxy groups -OCH3 is 1. The average molecular weight is 525 g/mol. The molecule has 4 rings (SSSR count). The number of thioether (sulfide) groups is 1. The van der Waals surface area contributed by atoms with Crippen LogP contribution in [0.4, 0.5) is 10.2 Å². The van der Waals surface area contributed by atoms with Crippen LogP contribution < -0.4 is 10.2 Å². The summed E-state index contributed by atoms with van der Waals surface area (Å²) in [6.45, 7) is 8.82. The quantitative estimate of drug-likeness (QED) is 0.459. The van der Waals surface area contributed by atoms with Crippen molar-refractivity contribution in [3.05, 3.63) is 76.7 Å². The van der Waals surface area contributed by atoms with Gasteiger partial charge in [-0.3, -0.25) is 14.5 Å². The molecule has 196 valence electrons. The monoisotopic (exact) mass is 524 g/mol. The number of halogens is 1. The van der Waals surface area contributed by atoms with Crippen molar-refractivity contribution in [3.63, 3.8) is 0 Å². The number of benzene rings is 2. The second-order valence-corrected chi connectivity index (χ2v) is 11.2. The van der Waals surface area contributed by atoms with Crippen molar-refractivity contribution >= 4 is 29.4 Å². The van der Waals surface area contributed by atoms with Crippen molar-refractivity contribution in [3.8, 4) is 5.69 Å². The van der Waals surface area contributed by atoms with E-state index in [4.69, 9.17) is 9.84 Å². The molecule has 0 aliphatic carbocycles. The van der Waals surface area contributed by atoms with Crippen LogP contribution in [0.5, 0.6) is 0 Å². The lowest BCUT2D eigenvalue weighted by Crippen LogP contribution is -2.43. The number of nitrogens with one attached hydrogen (secondary N) is 1. The van der Waals surface area contributed by atoms with Gasteiger partial charge in [0.15, 0.2) is 0 Å². The second-order valence-electron chi connectivity index (χ2n) is 10.2. The smallest absolute Gasteiger partial charge is 0.240 e. The number of fused-ring (bicyclic) bond motifs is 1. The number of carbonyl (C=O) groups excluding carboxylic acids is 2. The van der Waals surface area contributed by atoms with Gasteiger partial charge in [-0.2, -0.15) is 5.10 Å². The number of ether oxygens (including phenoxy) is 1. The molecule has 9 heteroatoms. The minimum Gasteiger partial charge on any atom is -0.383 e. The normalized spacial score (nSPS) is 15.9. The lowest BCUT2D eigenvalue weighted by molar-refractivity contribution is -0.123. The molecule has 0 radical (unpaired) electrons. The summed E-state index contributed by atoms with van der Waals surface area (Å²) >= 11 is 1.47. The predicted octanol–water partition coefficient (Wildman–Crippen LogP) is 4.55. The van der Waals surface area contributed by atoms with Crippen molar-refractivity contribution in [1.82, 2.24) is 15.1 Å². The molecule has 0 fully saturated rings. The minimum atomic E-state index is -0.363. The molecule has 1 N–H and O–H groups in total. The lowest BCUT2D eigenvalue weighted by atomic mass is 9.87. The van der Waals surface area contributed by atoms with E-state index in [0.29, 0.717) is 19.0 Å². The van der Waals surface area contributed by atoms with Gasteiger partial charge >= 0.3 is 0 Å². The third kappa shape index (κ3) is 5.88. The van der Waals surface area contributed by atoms with Gasteiger partial charge in [0.1, 0.15) is 18.2 Å². The Hall–Kier alpha value is -3.17. The third-order valence-corrected chi connectivity index (χ3v) is 7.40. The van der Waals surface area contributed by atoms with Gasteiger partial charge < -0.3 is 10.1 Å². The van der Waals surface area contributed by atoms with Crippen LogP contribution in [0, 0.1) is 12.7 Å². The van der Waals surface area contributed by atoms with Gasteiger partial charge in [-0.15, -0.1) is 11.8 Å². The summed E-state index contributed by atoms with van der Waals surface area (Å²) in [4.78, 5) is 28.0. The number of hydrogen-bond acceptors (Lipinski definition) is 5. The molecule has 37 heavy (non-hydrogen) atoms. The highest BCUT2D eigenvalue weighted by molar-refractivity contribution is 8.00. The van der Waals surface area contributed by atoms with Crippen molar-refractivity contribution in [2.24, 2.45) is 0 Å². The zero-order valence-corrected chi connectivity index (χ0v) is 22.7. The predicted molar refractivity (Wildman–Crippen MR) is 145 cm³/mol. The van der Waals surface area contributed by atoms with Crippen molar-refractivity contribution in [2.45, 2.75) is 38.4 Å². The van der Waals surface area contributed by atoms with Crippen molar-refractivity contribution in [1.29, 1.82) is 0 Å². The Balaban J connectivity index is 1.95. The van der Waals surface area contributed by atoms with E-state index < -0.39 is 0 Å². The maximum Gasteiger partial charge on any atom is 0.240 e. The number of anilines is 1. The Labute approximate surface area is 221 Å². The minimum absolute atomic E-state index is 0.145. The number of aryl methyl sites for hydroxylation is 1. The molecule has 0 saturated carbocycles. The van der Waals surface area contributed by atoms with Gasteiger partial charge in [-0.05, 0) is 42.3 Å². The van der Waals surface area contributed by atoms with Crippen LogP contribution in [-0.2, 0) is 19.7 Å². The molecular weight excluding hydrogens is 491 g/mol. The van der Waals surface area contributed by atoms with Gasteiger partial charge in [0, 0.05) is 24.6 Å². The number of rotatable bonds is 7. The van der Waals surface area contributed by atoms with E-state index in [1.54, 1.807) is 28.8 Å². The second kappa shape index (κ2) is 11.1. The number of amides is 2. The molecule has 3 aromatic rings. The highest BCUT2D eigenvalue weighted by Gasteiger charge is 2.39. The Morgan fingerprint density at radius 3 is 2.59 bits per heavy atom. The van der Waals surface area contributed by atoms with Crippen LogP contribution in [0.15, 0.2) is 48.5 Å². The third-order valence-electron chi connectivity index (χ3n) is 6.15. The highest BCUT2D eigenvalue weighted by Crippen LogP contribution is 2.48. The molecule has 2 aromatic carbocycles. The molecule has 0 bridgehead atoms. The Morgan fingerprint density at radius 2 is 1.95 bits per heavy atom. The summed E-state index contributed by atoms with van der Waals surface area (Å²) in [5, 5.41) is 7.61. The van der Waals surface area contributed by atoms with E-state index in [1.807, 2.05) is 31.2 Å². The number of nitrogens with zero attached hydrogens (tertiary/aromatic N) is 3. The zero-order chi connectivity index (χ0) is 26.7. The summed E-state index contributed by atoms with van der Waals surface area (Å²) in [6, 6.07) is 14.3. The fourth-order valence-electron chi connectivity index (χ4n) is 4.41. The number of aromatic nitrogens is 2. The van der Waals surface area contributed by atoms with Crippen LogP contribution in [0.25, 0.3) is 5.69 Å². The van der Waals surface area contributed by atoms with Crippen LogP contribution in [0.3, 0.4) is 0 Å². The van der Waals surface area contributed by atoms with Gasteiger partial charge in [0.2, 0.25) is 11.8 Å². The topological polar surface area (TPSA) is 76.5 Å². The number of hydrogen-bond donors (Lipinski definition) is 1. The molecule has 2 amide bonds. The SMILES string of the molecule is COCCNC(=O)CN1C(=O)CS[C@@H](c2ccc(F)cc2)c2c(C(C)(C)C)nn(-c3cccc(C)c3)c21. The van der Waals surface area contributed by atoms with Crippen molar-refractivity contribution in [2.75, 3.05) is 37.5 Å². The van der Waals surface area contributed by atoms with E-state index >= 15 is 0 Å². The molecule has 0 unspecified atom stereocenters. The highest BCUT2D eigenvalue weighted by atomic mass is 32.2. The van der Waals surface area contributed by atoms with Crippen LogP contribution in [0.2, 0.25) is 0 Å². The first-order chi connectivity index (χ1) is 17.6. The molecular formula is C28H33FN4O3S. The fraction of sp³-hybridized carbons (Fsp3) is 0.393. The summed E-state index contributed by atoms with van der Waals surface area (Å²) < 4.78 is 20.6. The first kappa shape index (κ1) is 26.9. The van der Waals surface area contributed by atoms with Crippen LogP contribution in [0.1, 0.15) is 48.4 Å². The Morgan fingerprint density at radius 1 is 1.22 bits per heavy atom. The Bertz CT molecular complexity index is 1280. The van der Waals surface area contributed by atoms with Crippen molar-refractivity contribution < 1.29 is 18.7 Å². The molecule has 2 heterocycles. The largest absolute Gasteiger partial charge is 0.383 e. The maximum absolute atomic E-state index is 13.8. The summed E-state index contributed by atoms with van der Waals surface area (Å²) in [7, 11) is 1.57. The molecule has 0 spiro atoms. The fourth-order valence-corrected chi connectivity index (χ4v) is 5.60. The van der Waals surface area contributed by atoms with E-state index in [1.165, 1.54) is 23.9 Å². The summed E-state index contributed by atoms with van der Waals surface area (Å²) in [5.41, 5.74) is 4.05. The summed E-state index contributed by atoms with van der Waals surface area (Å²) in [5.74, 6) is -0.0522. The van der Waals surface area contributed by atoms with Gasteiger partial charge in [-0.25, -0.2) is 9.07 Å². The first-order valence-electron chi connectivity index (χ1n) is 12.2. The first-order valence-corrected chi connectivity index (χ1v) is 13.3. The standard InChI is InChI=1S/C28H33FN4O3S/c1-18-7-6-8-21(15-18)33-27-24(26(31-33)28(2,3)4)25(19-9-11-20(29)12-10-19)37-17-23(35)32(27)16-22(34)30-13-14-36-5/h6-12,15,25H,13-14,16-17H2,1-5H3,(H,30,34)/t25-/m0/s1. The molecule has 1 aromatic heterocycles. The zero-order valence-electron chi connectivity index (χ0n) is 21.9. The molecule has 1 aliphatic rings. The molecule has 1 aliphatic heterocycles. The van der Waals surface area contributed by atoms with E-state index in [9.17, 15) is 14.0 Å². The van der Waals surface area contributed by atoms with Gasteiger partial charge in [0.05, 0.1) is 29.0 Å². The molecule has 7 nitrogen and oxygen atoms in total. The number of carbonyl (C=O) groups is 2. The van der Waals surface area contributed by atoms with Crippen LogP contribution in [-0.4, -0.2) is 54.2 Å². The average Bonchev–Trinajstić information content (AvgIpc) is 3.18. The van der Waals surface area contributed by atoms with E-state index in [0.717, 1.165) is 28.1 Å².